The Balaban J connectivity index is 2.50. The van der Waals surface area contributed by atoms with Gasteiger partial charge in [0.15, 0.2) is 0 Å². The number of nitrogens with zero attached hydrogens (tertiary/aromatic N) is 2. The minimum Gasteiger partial charge on any atom is -0.477 e. The second-order valence-electron chi connectivity index (χ2n) is 4.95. The molecule has 0 atom stereocenters. The normalized spacial score (nSPS) is 10.3. The SMILES string of the molecule is CCN(CC)c1ccc2ccc(C=C(C(=O)O)C(=O)O)nc2c1. The van der Waals surface area contributed by atoms with Gasteiger partial charge in [-0.1, -0.05) is 12.1 Å². The zero-order valence-corrected chi connectivity index (χ0v) is 13.0. The van der Waals surface area contributed by atoms with Crippen LogP contribution < -0.4 is 4.90 Å². The van der Waals surface area contributed by atoms with Gasteiger partial charge in [0.2, 0.25) is 0 Å². The summed E-state index contributed by atoms with van der Waals surface area (Å²) in [5, 5.41) is 18.7. The molecule has 1 heterocycles. The second kappa shape index (κ2) is 6.91. The fraction of sp³-hybridized carbons (Fsp3) is 0.235. The van der Waals surface area contributed by atoms with Crippen LogP contribution in [0, 0.1) is 0 Å². The number of aromatic nitrogens is 1. The molecule has 120 valence electrons. The highest BCUT2D eigenvalue weighted by molar-refractivity contribution is 6.16. The van der Waals surface area contributed by atoms with Crippen LogP contribution in [0.15, 0.2) is 35.9 Å². The first-order valence-electron chi connectivity index (χ1n) is 7.30. The van der Waals surface area contributed by atoms with E-state index in [0.29, 0.717) is 11.2 Å². The Morgan fingerprint density at radius 1 is 1.09 bits per heavy atom. The van der Waals surface area contributed by atoms with Gasteiger partial charge in [0.25, 0.3) is 0 Å². The molecule has 0 aliphatic carbocycles. The number of carbonyl (C=O) groups is 2. The Morgan fingerprint density at radius 2 is 1.70 bits per heavy atom. The molecular formula is C17H18N2O4. The Bertz CT molecular complexity index is 763. The highest BCUT2D eigenvalue weighted by Crippen LogP contribution is 2.22. The van der Waals surface area contributed by atoms with E-state index in [1.807, 2.05) is 18.2 Å². The Kier molecular flexibility index (Phi) is 4.95. The summed E-state index contributed by atoms with van der Waals surface area (Å²) >= 11 is 0. The van der Waals surface area contributed by atoms with Gasteiger partial charge < -0.3 is 15.1 Å². The van der Waals surface area contributed by atoms with Gasteiger partial charge in [0.1, 0.15) is 5.57 Å². The largest absolute Gasteiger partial charge is 0.477 e. The summed E-state index contributed by atoms with van der Waals surface area (Å²) in [4.78, 5) is 28.4. The Hall–Kier alpha value is -2.89. The van der Waals surface area contributed by atoms with Crippen LogP contribution in [0.3, 0.4) is 0 Å². The van der Waals surface area contributed by atoms with Crippen LogP contribution in [0.5, 0.6) is 0 Å². The zero-order valence-electron chi connectivity index (χ0n) is 13.0. The number of benzene rings is 1. The fourth-order valence-electron chi connectivity index (χ4n) is 2.35. The lowest BCUT2D eigenvalue weighted by atomic mass is 10.1. The molecule has 1 aromatic heterocycles. The molecule has 6 heteroatoms. The molecule has 2 rings (SSSR count). The van der Waals surface area contributed by atoms with Crippen LogP contribution in [0.4, 0.5) is 5.69 Å². The summed E-state index contributed by atoms with van der Waals surface area (Å²) in [6.45, 7) is 5.85. The molecule has 2 N–H and O–H groups in total. The maximum absolute atomic E-state index is 10.9. The maximum atomic E-state index is 10.9. The van der Waals surface area contributed by atoms with Crippen LogP contribution in [0.25, 0.3) is 17.0 Å². The first kappa shape index (κ1) is 16.5. The number of carboxylic acids is 2. The van der Waals surface area contributed by atoms with Gasteiger partial charge in [-0.15, -0.1) is 0 Å². The summed E-state index contributed by atoms with van der Waals surface area (Å²) in [5.74, 6) is -2.98. The molecule has 0 radical (unpaired) electrons. The van der Waals surface area contributed by atoms with E-state index >= 15 is 0 Å². The number of pyridine rings is 1. The Labute approximate surface area is 133 Å². The molecular weight excluding hydrogens is 296 g/mol. The predicted octanol–water partition coefficient (Wildman–Crippen LogP) is 2.63. The van der Waals surface area contributed by atoms with Gasteiger partial charge in [-0.3, -0.25) is 0 Å². The third kappa shape index (κ3) is 3.66. The first-order chi connectivity index (χ1) is 11.0. The van der Waals surface area contributed by atoms with Crippen molar-refractivity contribution in [3.8, 4) is 0 Å². The van der Waals surface area contributed by atoms with E-state index in [2.05, 4.69) is 23.7 Å². The van der Waals surface area contributed by atoms with Crippen molar-refractivity contribution in [2.45, 2.75) is 13.8 Å². The lowest BCUT2D eigenvalue weighted by molar-refractivity contribution is -0.140. The molecule has 23 heavy (non-hydrogen) atoms. The summed E-state index contributed by atoms with van der Waals surface area (Å²) in [6.07, 6.45) is 1.06. The fourth-order valence-corrected chi connectivity index (χ4v) is 2.35. The van der Waals surface area contributed by atoms with E-state index < -0.39 is 17.5 Å². The second-order valence-corrected chi connectivity index (χ2v) is 4.95. The van der Waals surface area contributed by atoms with Gasteiger partial charge in [-0.2, -0.15) is 0 Å². The van der Waals surface area contributed by atoms with E-state index in [0.717, 1.165) is 30.2 Å². The summed E-state index contributed by atoms with van der Waals surface area (Å²) in [5.41, 5.74) is 1.30. The molecule has 0 unspecified atom stereocenters. The van der Waals surface area contributed by atoms with E-state index in [1.54, 1.807) is 12.1 Å². The number of hydrogen-bond donors (Lipinski definition) is 2. The average Bonchev–Trinajstić information content (AvgIpc) is 2.52. The van der Waals surface area contributed by atoms with Crippen LogP contribution in [-0.4, -0.2) is 40.2 Å². The van der Waals surface area contributed by atoms with Crippen LogP contribution in [0.1, 0.15) is 19.5 Å². The van der Waals surface area contributed by atoms with E-state index in [4.69, 9.17) is 10.2 Å². The Morgan fingerprint density at radius 3 is 2.26 bits per heavy atom. The number of rotatable bonds is 6. The van der Waals surface area contributed by atoms with Crippen molar-refractivity contribution < 1.29 is 19.8 Å². The van der Waals surface area contributed by atoms with Crippen LogP contribution in [0.2, 0.25) is 0 Å². The van der Waals surface area contributed by atoms with Crippen molar-refractivity contribution in [1.82, 2.24) is 4.98 Å². The summed E-state index contributed by atoms with van der Waals surface area (Å²) in [6, 6.07) is 9.26. The van der Waals surface area contributed by atoms with Crippen molar-refractivity contribution in [3.63, 3.8) is 0 Å². The highest BCUT2D eigenvalue weighted by Gasteiger charge is 2.16. The van der Waals surface area contributed by atoms with Crippen LogP contribution >= 0.6 is 0 Å². The molecule has 0 aliphatic rings. The molecule has 0 saturated carbocycles. The lowest BCUT2D eigenvalue weighted by Crippen LogP contribution is -2.21. The van der Waals surface area contributed by atoms with Crippen molar-refractivity contribution in [2.75, 3.05) is 18.0 Å². The molecule has 0 spiro atoms. The van der Waals surface area contributed by atoms with Crippen molar-refractivity contribution in [1.29, 1.82) is 0 Å². The third-order valence-corrected chi connectivity index (χ3v) is 3.58. The molecule has 1 aromatic carbocycles. The van der Waals surface area contributed by atoms with Gasteiger partial charge in [-0.25, -0.2) is 14.6 Å². The lowest BCUT2D eigenvalue weighted by Gasteiger charge is -2.21. The number of aliphatic carboxylic acids is 2. The molecule has 0 bridgehead atoms. The minimum atomic E-state index is -1.49. The highest BCUT2D eigenvalue weighted by atomic mass is 16.4. The average molecular weight is 314 g/mol. The van der Waals surface area contributed by atoms with Gasteiger partial charge in [-0.05, 0) is 38.1 Å². The zero-order chi connectivity index (χ0) is 17.0. The van der Waals surface area contributed by atoms with E-state index in [1.165, 1.54) is 0 Å². The quantitative estimate of drug-likeness (QED) is 0.484. The van der Waals surface area contributed by atoms with Gasteiger partial charge >= 0.3 is 11.9 Å². The van der Waals surface area contributed by atoms with E-state index in [9.17, 15) is 9.59 Å². The number of anilines is 1. The molecule has 0 saturated heterocycles. The van der Waals surface area contributed by atoms with Crippen LogP contribution in [-0.2, 0) is 9.59 Å². The van der Waals surface area contributed by atoms with Crippen molar-refractivity contribution in [2.24, 2.45) is 0 Å². The predicted molar refractivity (Wildman–Crippen MR) is 88.6 cm³/mol. The molecule has 0 aliphatic heterocycles. The smallest absolute Gasteiger partial charge is 0.343 e. The number of hydrogen-bond acceptors (Lipinski definition) is 4. The summed E-state index contributed by atoms with van der Waals surface area (Å²) in [7, 11) is 0. The molecule has 6 nitrogen and oxygen atoms in total. The van der Waals surface area contributed by atoms with Crippen molar-refractivity contribution >= 4 is 34.6 Å². The number of fused-ring (bicyclic) bond motifs is 1. The first-order valence-corrected chi connectivity index (χ1v) is 7.30. The van der Waals surface area contributed by atoms with Gasteiger partial charge in [0.05, 0.1) is 11.2 Å². The standard InChI is InChI=1S/C17H18N2O4/c1-3-19(4-2)13-8-6-11-5-7-12(18-15(11)10-13)9-14(16(20)21)17(22)23/h5-10H,3-4H2,1-2H3,(H,20,21)(H,22,23). The molecule has 0 fully saturated rings. The molecule has 0 amide bonds. The van der Waals surface area contributed by atoms with E-state index in [-0.39, 0.29) is 0 Å². The molecule has 2 aromatic rings. The van der Waals surface area contributed by atoms with Crippen molar-refractivity contribution in [3.05, 3.63) is 41.6 Å². The minimum absolute atomic E-state index is 0.300. The maximum Gasteiger partial charge on any atom is 0.343 e. The van der Waals surface area contributed by atoms with Gasteiger partial charge in [0, 0.05) is 24.2 Å². The number of carboxylic acid groups (broad SMARTS) is 2. The third-order valence-electron chi connectivity index (χ3n) is 3.58. The summed E-state index contributed by atoms with van der Waals surface area (Å²) < 4.78 is 0. The topological polar surface area (TPSA) is 90.7 Å². The monoisotopic (exact) mass is 314 g/mol.